The fraction of sp³-hybridized carbons (Fsp3) is 0.528. The van der Waals surface area contributed by atoms with Crippen LogP contribution in [0.5, 0.6) is 0 Å². The molecule has 4 N–H and O–H groups in total. The molecule has 3 fully saturated rings. The number of carbonyl (C=O) groups excluding carboxylic acids is 2. The number of aryl methyl sites for hydroxylation is 1. The lowest BCUT2D eigenvalue weighted by atomic mass is 9.85. The van der Waals surface area contributed by atoms with Gasteiger partial charge in [0.2, 0.25) is 5.91 Å². The van der Waals surface area contributed by atoms with Crippen molar-refractivity contribution in [1.82, 2.24) is 35.1 Å². The molecule has 4 aliphatic rings. The van der Waals surface area contributed by atoms with E-state index >= 15 is 0 Å². The third-order valence-corrected chi connectivity index (χ3v) is 10.8. The minimum atomic E-state index is -0.728. The van der Waals surface area contributed by atoms with Gasteiger partial charge >= 0.3 is 6.03 Å². The molecule has 1 aromatic heterocycles. The number of para-hydroxylation sites is 1. The normalized spacial score (nSPS) is 22.4. The van der Waals surface area contributed by atoms with E-state index in [-0.39, 0.29) is 17.9 Å². The molecule has 2 aromatic carbocycles. The van der Waals surface area contributed by atoms with Crippen molar-refractivity contribution in [3.63, 3.8) is 0 Å². The quantitative estimate of drug-likeness (QED) is 0.327. The fourth-order valence-corrected chi connectivity index (χ4v) is 7.99. The number of hydrogen-bond donors (Lipinski definition) is 4. The first-order valence-electron chi connectivity index (χ1n) is 17.3. The highest BCUT2D eigenvalue weighted by Gasteiger charge is 2.35. The average Bonchev–Trinajstić information content (AvgIpc) is 3.57. The van der Waals surface area contributed by atoms with E-state index in [4.69, 9.17) is 0 Å². The zero-order valence-electron chi connectivity index (χ0n) is 27.6. The van der Waals surface area contributed by atoms with E-state index in [0.717, 1.165) is 77.9 Å². The van der Waals surface area contributed by atoms with E-state index < -0.39 is 12.3 Å². The number of hydrogen-bond acceptors (Lipinski definition) is 7. The van der Waals surface area contributed by atoms with E-state index in [1.54, 1.807) is 6.20 Å². The topological polar surface area (TPSA) is 120 Å². The van der Waals surface area contributed by atoms with Crippen LogP contribution in [0.4, 0.5) is 10.5 Å². The number of aliphatic hydroxyl groups is 1. The largest absolute Gasteiger partial charge is 0.370 e. The number of urea groups is 1. The standard InChI is InChI=1S/C36H48N8O3/c1-24-19-25(20-28-23-37-40-33(24)28)21-32(35(46)43-17-15-42(16-18-43)29-9-11-41(2)12-10-29)39-36(47)44-13-7-26(8-14-44)30-22-27-5-3-4-6-31(27)38-34(30)45/h3-6,19-20,22-23,26,29,32,34,38,45H,7-18,21H2,1-2H3,(H,37,40)(H,39,47). The fourth-order valence-electron chi connectivity index (χ4n) is 7.99. The number of nitrogens with one attached hydrogen (secondary N) is 3. The second kappa shape index (κ2) is 13.7. The van der Waals surface area contributed by atoms with Crippen LogP contribution in [0, 0.1) is 12.8 Å². The first-order chi connectivity index (χ1) is 22.8. The van der Waals surface area contributed by atoms with E-state index in [1.807, 2.05) is 41.0 Å². The molecule has 11 heteroatoms. The summed E-state index contributed by atoms with van der Waals surface area (Å²) in [4.78, 5) is 36.6. The molecular formula is C36H48N8O3. The maximum absolute atomic E-state index is 14.1. The molecule has 4 aliphatic heterocycles. The lowest BCUT2D eigenvalue weighted by molar-refractivity contribution is -0.135. The number of aromatic nitrogens is 2. The van der Waals surface area contributed by atoms with Gasteiger partial charge in [-0.1, -0.05) is 24.3 Å². The van der Waals surface area contributed by atoms with Crippen molar-refractivity contribution in [3.05, 3.63) is 64.9 Å². The second-order valence-corrected chi connectivity index (χ2v) is 13.9. The van der Waals surface area contributed by atoms with Crippen molar-refractivity contribution < 1.29 is 14.7 Å². The number of piperidine rings is 2. The molecule has 0 aliphatic carbocycles. The summed E-state index contributed by atoms with van der Waals surface area (Å²) in [5.41, 5.74) is 6.04. The van der Waals surface area contributed by atoms with Gasteiger partial charge in [0.25, 0.3) is 0 Å². The van der Waals surface area contributed by atoms with Crippen LogP contribution in [0.3, 0.4) is 0 Å². The Hall–Kier alpha value is -3.93. The summed E-state index contributed by atoms with van der Waals surface area (Å²) in [6.45, 7) is 8.52. The summed E-state index contributed by atoms with van der Waals surface area (Å²) in [7, 11) is 2.19. The number of aliphatic hydroxyl groups excluding tert-OH is 1. The Morgan fingerprint density at radius 3 is 2.49 bits per heavy atom. The number of piperazine rings is 1. The Balaban J connectivity index is 1.02. The number of benzene rings is 2. The highest BCUT2D eigenvalue weighted by Crippen LogP contribution is 2.34. The molecule has 47 heavy (non-hydrogen) atoms. The second-order valence-electron chi connectivity index (χ2n) is 13.9. The highest BCUT2D eigenvalue weighted by molar-refractivity contribution is 5.88. The summed E-state index contributed by atoms with van der Waals surface area (Å²) in [6, 6.07) is 11.9. The van der Waals surface area contributed by atoms with Crippen molar-refractivity contribution in [2.24, 2.45) is 5.92 Å². The van der Waals surface area contributed by atoms with Crippen LogP contribution in [-0.2, 0) is 11.2 Å². The third kappa shape index (κ3) is 6.88. The minimum Gasteiger partial charge on any atom is -0.370 e. The predicted octanol–water partition coefficient (Wildman–Crippen LogP) is 3.27. The van der Waals surface area contributed by atoms with Crippen LogP contribution < -0.4 is 10.6 Å². The molecule has 11 nitrogen and oxygen atoms in total. The van der Waals surface area contributed by atoms with Gasteiger partial charge in [-0.05, 0) is 99.1 Å². The molecule has 3 aromatic rings. The average molecular weight is 641 g/mol. The number of likely N-dealkylation sites (tertiary alicyclic amines) is 2. The zero-order valence-corrected chi connectivity index (χ0v) is 27.6. The van der Waals surface area contributed by atoms with E-state index in [9.17, 15) is 14.7 Å². The van der Waals surface area contributed by atoms with Gasteiger partial charge in [0.15, 0.2) is 0 Å². The van der Waals surface area contributed by atoms with Crippen LogP contribution in [0.15, 0.2) is 48.2 Å². The number of fused-ring (bicyclic) bond motifs is 2. The summed E-state index contributed by atoms with van der Waals surface area (Å²) in [5.74, 6) is 0.166. The van der Waals surface area contributed by atoms with E-state index in [2.05, 4.69) is 55.9 Å². The Morgan fingerprint density at radius 2 is 1.72 bits per heavy atom. The van der Waals surface area contributed by atoms with Crippen molar-refractivity contribution >= 4 is 34.6 Å². The summed E-state index contributed by atoms with van der Waals surface area (Å²) in [5, 5.41) is 25.5. The van der Waals surface area contributed by atoms with E-state index in [0.29, 0.717) is 38.6 Å². The molecule has 0 bridgehead atoms. The Kier molecular flexibility index (Phi) is 9.20. The van der Waals surface area contributed by atoms with Gasteiger partial charge < -0.3 is 30.4 Å². The molecule has 3 saturated heterocycles. The van der Waals surface area contributed by atoms with Crippen LogP contribution >= 0.6 is 0 Å². The Bertz CT molecular complexity index is 1610. The maximum Gasteiger partial charge on any atom is 0.318 e. The minimum absolute atomic E-state index is 0.0126. The molecule has 250 valence electrons. The number of amides is 3. The Morgan fingerprint density at radius 1 is 0.979 bits per heavy atom. The number of rotatable bonds is 6. The number of aromatic amines is 1. The van der Waals surface area contributed by atoms with Crippen LogP contribution in [0.25, 0.3) is 17.0 Å². The Labute approximate surface area is 277 Å². The van der Waals surface area contributed by atoms with Crippen molar-refractivity contribution in [2.75, 3.05) is 64.7 Å². The molecule has 5 heterocycles. The maximum atomic E-state index is 14.1. The smallest absolute Gasteiger partial charge is 0.318 e. The third-order valence-electron chi connectivity index (χ3n) is 10.8. The van der Waals surface area contributed by atoms with Gasteiger partial charge in [0.1, 0.15) is 12.3 Å². The van der Waals surface area contributed by atoms with Crippen molar-refractivity contribution in [3.8, 4) is 0 Å². The lowest BCUT2D eigenvalue weighted by Crippen LogP contribution is -2.59. The molecular weight excluding hydrogens is 592 g/mol. The van der Waals surface area contributed by atoms with Gasteiger partial charge in [0, 0.05) is 62.8 Å². The summed E-state index contributed by atoms with van der Waals surface area (Å²) >= 11 is 0. The monoisotopic (exact) mass is 640 g/mol. The lowest BCUT2D eigenvalue weighted by Gasteiger charge is -2.43. The van der Waals surface area contributed by atoms with Gasteiger partial charge in [-0.3, -0.25) is 14.8 Å². The first-order valence-corrected chi connectivity index (χ1v) is 17.3. The molecule has 2 atom stereocenters. The predicted molar refractivity (Wildman–Crippen MR) is 184 cm³/mol. The van der Waals surface area contributed by atoms with Gasteiger partial charge in [-0.25, -0.2) is 4.79 Å². The highest BCUT2D eigenvalue weighted by atomic mass is 16.3. The van der Waals surface area contributed by atoms with Crippen molar-refractivity contribution in [1.29, 1.82) is 0 Å². The van der Waals surface area contributed by atoms with Gasteiger partial charge in [0.05, 0.1) is 11.7 Å². The molecule has 0 spiro atoms. The van der Waals surface area contributed by atoms with Crippen LogP contribution in [0.2, 0.25) is 0 Å². The summed E-state index contributed by atoms with van der Waals surface area (Å²) < 4.78 is 0. The first kappa shape index (κ1) is 31.7. The van der Waals surface area contributed by atoms with Crippen LogP contribution in [0.1, 0.15) is 42.4 Å². The van der Waals surface area contributed by atoms with Crippen molar-refractivity contribution in [2.45, 2.75) is 57.3 Å². The molecule has 2 unspecified atom stereocenters. The number of H-pyrrole nitrogens is 1. The van der Waals surface area contributed by atoms with Gasteiger partial charge in [-0.15, -0.1) is 0 Å². The molecule has 0 saturated carbocycles. The molecule has 7 rings (SSSR count). The number of nitrogens with zero attached hydrogens (tertiary/aromatic N) is 5. The van der Waals surface area contributed by atoms with E-state index in [1.165, 1.54) is 12.8 Å². The summed E-state index contributed by atoms with van der Waals surface area (Å²) in [6.07, 6.45) is 7.46. The zero-order chi connectivity index (χ0) is 32.5. The number of anilines is 1. The number of carbonyl (C=O) groups is 2. The van der Waals surface area contributed by atoms with Gasteiger partial charge in [-0.2, -0.15) is 5.10 Å². The molecule has 3 amide bonds. The SMILES string of the molecule is Cc1cc(CC(NC(=O)N2CCC(C3=Cc4ccccc4NC3O)CC2)C(=O)N2CCN(C3CCN(C)CC3)CC2)cc2cn[nH]c12. The molecule has 0 radical (unpaired) electrons. The van der Waals surface area contributed by atoms with Crippen LogP contribution in [-0.4, -0.2) is 125 Å².